The number of fused-ring (bicyclic) bond motifs is 3. The van der Waals surface area contributed by atoms with Gasteiger partial charge in [-0.15, -0.1) is 11.8 Å². The van der Waals surface area contributed by atoms with E-state index in [1.807, 2.05) is 19.1 Å². The molecule has 0 aliphatic carbocycles. The van der Waals surface area contributed by atoms with Crippen LogP contribution < -0.4 is 4.90 Å². The molecule has 1 saturated heterocycles. The SMILES string of the molecule is Cc1cc2c(cc1Br)SC(C(=O)O)CC1(c3cccc(C(F)(F)F)c3)CCN21. The zero-order valence-electron chi connectivity index (χ0n) is 14.9. The van der Waals surface area contributed by atoms with Crippen molar-refractivity contribution in [3.05, 3.63) is 57.6 Å². The molecule has 4 rings (SSSR count). The third-order valence-corrected chi connectivity index (χ3v) is 7.68. The number of carbonyl (C=O) groups is 1. The Morgan fingerprint density at radius 1 is 1.32 bits per heavy atom. The second-order valence-corrected chi connectivity index (χ2v) is 9.33. The van der Waals surface area contributed by atoms with E-state index < -0.39 is 28.5 Å². The van der Waals surface area contributed by atoms with Crippen molar-refractivity contribution in [1.29, 1.82) is 0 Å². The van der Waals surface area contributed by atoms with Crippen LogP contribution in [-0.4, -0.2) is 22.9 Å². The smallest absolute Gasteiger partial charge is 0.416 e. The van der Waals surface area contributed by atoms with Gasteiger partial charge in [0.25, 0.3) is 0 Å². The molecule has 148 valence electrons. The predicted molar refractivity (Wildman–Crippen MR) is 106 cm³/mol. The normalized spacial score (nSPS) is 24.0. The molecular weight excluding hydrogens is 455 g/mol. The number of aryl methyl sites for hydroxylation is 1. The first-order valence-electron chi connectivity index (χ1n) is 8.77. The third-order valence-electron chi connectivity index (χ3n) is 5.59. The van der Waals surface area contributed by atoms with Crippen molar-refractivity contribution in [1.82, 2.24) is 0 Å². The van der Waals surface area contributed by atoms with Crippen molar-refractivity contribution < 1.29 is 23.1 Å². The summed E-state index contributed by atoms with van der Waals surface area (Å²) < 4.78 is 40.7. The van der Waals surface area contributed by atoms with Gasteiger partial charge in [0.05, 0.1) is 16.8 Å². The van der Waals surface area contributed by atoms with E-state index in [2.05, 4.69) is 20.8 Å². The average Bonchev–Trinajstić information content (AvgIpc) is 2.68. The molecule has 0 radical (unpaired) electrons. The minimum atomic E-state index is -4.44. The summed E-state index contributed by atoms with van der Waals surface area (Å²) in [7, 11) is 0. The first-order valence-corrected chi connectivity index (χ1v) is 10.4. The minimum Gasteiger partial charge on any atom is -0.480 e. The Bertz CT molecular complexity index is 965. The van der Waals surface area contributed by atoms with E-state index in [4.69, 9.17) is 0 Å². The number of nitrogens with zero attached hydrogens (tertiary/aromatic N) is 1. The van der Waals surface area contributed by atoms with Gasteiger partial charge in [0.2, 0.25) is 0 Å². The minimum absolute atomic E-state index is 0.250. The highest BCUT2D eigenvalue weighted by Gasteiger charge is 2.52. The highest BCUT2D eigenvalue weighted by molar-refractivity contribution is 9.10. The van der Waals surface area contributed by atoms with E-state index in [-0.39, 0.29) is 6.42 Å². The Hall–Kier alpha value is -1.67. The van der Waals surface area contributed by atoms with Crippen LogP contribution in [0.3, 0.4) is 0 Å². The Balaban J connectivity index is 1.88. The van der Waals surface area contributed by atoms with Crippen LogP contribution in [0.4, 0.5) is 18.9 Å². The Morgan fingerprint density at radius 2 is 2.07 bits per heavy atom. The predicted octanol–water partition coefficient (Wildman–Crippen LogP) is 5.83. The summed E-state index contributed by atoms with van der Waals surface area (Å²) in [5, 5.41) is 9.01. The van der Waals surface area contributed by atoms with Gasteiger partial charge in [-0.05, 0) is 55.2 Å². The number of aliphatic carboxylic acids is 1. The molecule has 2 aromatic carbocycles. The number of hydrogen-bond donors (Lipinski definition) is 1. The quantitative estimate of drug-likeness (QED) is 0.597. The fourth-order valence-electron chi connectivity index (χ4n) is 4.05. The number of thioether (sulfide) groups is 1. The molecule has 0 amide bonds. The van der Waals surface area contributed by atoms with Gasteiger partial charge < -0.3 is 10.0 Å². The molecule has 2 heterocycles. The lowest BCUT2D eigenvalue weighted by molar-refractivity contribution is -0.138. The van der Waals surface area contributed by atoms with Crippen molar-refractivity contribution in [2.24, 2.45) is 0 Å². The Morgan fingerprint density at radius 3 is 2.68 bits per heavy atom. The molecule has 8 heteroatoms. The number of carboxylic acids is 1. The van der Waals surface area contributed by atoms with Crippen molar-refractivity contribution in [2.75, 3.05) is 11.4 Å². The average molecular weight is 472 g/mol. The largest absolute Gasteiger partial charge is 0.480 e. The van der Waals surface area contributed by atoms with E-state index in [1.165, 1.54) is 23.9 Å². The summed E-state index contributed by atoms with van der Waals surface area (Å²) in [5.41, 5.74) is 0.954. The maximum absolute atomic E-state index is 13.3. The number of alkyl halides is 3. The molecule has 1 fully saturated rings. The second kappa shape index (κ2) is 6.69. The molecule has 0 aromatic heterocycles. The summed E-state index contributed by atoms with van der Waals surface area (Å²) in [6, 6.07) is 9.21. The first kappa shape index (κ1) is 19.6. The molecule has 2 aromatic rings. The highest BCUT2D eigenvalue weighted by atomic mass is 79.9. The molecule has 28 heavy (non-hydrogen) atoms. The fourth-order valence-corrected chi connectivity index (χ4v) is 5.79. The van der Waals surface area contributed by atoms with Gasteiger partial charge >= 0.3 is 12.1 Å². The molecule has 0 saturated carbocycles. The number of benzene rings is 2. The van der Waals surface area contributed by atoms with Gasteiger partial charge in [-0.1, -0.05) is 28.1 Å². The van der Waals surface area contributed by atoms with Crippen LogP contribution in [0.5, 0.6) is 0 Å². The molecule has 2 aliphatic rings. The molecule has 0 bridgehead atoms. The van der Waals surface area contributed by atoms with Crippen LogP contribution in [0.1, 0.15) is 29.5 Å². The van der Waals surface area contributed by atoms with E-state index in [0.29, 0.717) is 18.5 Å². The molecule has 2 atom stereocenters. The van der Waals surface area contributed by atoms with Crippen molar-refractivity contribution in [3.63, 3.8) is 0 Å². The van der Waals surface area contributed by atoms with E-state index in [9.17, 15) is 23.1 Å². The maximum Gasteiger partial charge on any atom is 0.416 e. The third kappa shape index (κ3) is 3.10. The van der Waals surface area contributed by atoms with Gasteiger partial charge in [0.15, 0.2) is 0 Å². The highest BCUT2D eigenvalue weighted by Crippen LogP contribution is 2.55. The summed E-state index contributed by atoms with van der Waals surface area (Å²) in [4.78, 5) is 14.8. The Kier molecular flexibility index (Phi) is 4.69. The zero-order chi connectivity index (χ0) is 20.3. The summed E-state index contributed by atoms with van der Waals surface area (Å²) in [5.74, 6) is -0.951. The van der Waals surface area contributed by atoms with Crippen molar-refractivity contribution >= 4 is 39.3 Å². The number of halogens is 4. The fraction of sp³-hybridized carbons (Fsp3) is 0.350. The summed E-state index contributed by atoms with van der Waals surface area (Å²) in [6.45, 7) is 2.62. The van der Waals surface area contributed by atoms with Gasteiger partial charge in [-0.25, -0.2) is 0 Å². The van der Waals surface area contributed by atoms with E-state index >= 15 is 0 Å². The molecule has 0 spiro atoms. The molecular formula is C20H17BrF3NO2S. The lowest BCUT2D eigenvalue weighted by atomic mass is 9.74. The van der Waals surface area contributed by atoms with Gasteiger partial charge in [0, 0.05) is 15.9 Å². The lowest BCUT2D eigenvalue weighted by Crippen LogP contribution is -2.58. The molecule has 1 N–H and O–H groups in total. The monoisotopic (exact) mass is 471 g/mol. The topological polar surface area (TPSA) is 40.5 Å². The zero-order valence-corrected chi connectivity index (χ0v) is 17.3. The molecule has 3 nitrogen and oxygen atoms in total. The van der Waals surface area contributed by atoms with E-state index in [0.717, 1.165) is 26.7 Å². The van der Waals surface area contributed by atoms with Gasteiger partial charge in [-0.3, -0.25) is 4.79 Å². The first-order chi connectivity index (χ1) is 13.1. The van der Waals surface area contributed by atoms with Gasteiger partial charge in [-0.2, -0.15) is 13.2 Å². The van der Waals surface area contributed by atoms with Crippen LogP contribution in [0.2, 0.25) is 0 Å². The van der Waals surface area contributed by atoms with Crippen molar-refractivity contribution in [3.8, 4) is 0 Å². The van der Waals surface area contributed by atoms with Crippen LogP contribution in [0.15, 0.2) is 45.8 Å². The van der Waals surface area contributed by atoms with Crippen molar-refractivity contribution in [2.45, 2.75) is 41.6 Å². The van der Waals surface area contributed by atoms with Gasteiger partial charge in [0.1, 0.15) is 5.25 Å². The second-order valence-electron chi connectivity index (χ2n) is 7.23. The van der Waals surface area contributed by atoms with Crippen LogP contribution in [-0.2, 0) is 16.5 Å². The summed E-state index contributed by atoms with van der Waals surface area (Å²) >= 11 is 4.76. The summed E-state index contributed by atoms with van der Waals surface area (Å²) in [6.07, 6.45) is -3.57. The van der Waals surface area contributed by atoms with E-state index in [1.54, 1.807) is 6.07 Å². The standard InChI is InChI=1S/C20H17BrF3NO2S/c1-11-7-15-16(9-14(11)21)28-17(18(26)27)10-19(5-6-25(15)19)12-3-2-4-13(8-12)20(22,23)24/h2-4,7-9,17H,5-6,10H2,1H3,(H,26,27). The van der Waals surface area contributed by atoms with Crippen LogP contribution in [0, 0.1) is 6.92 Å². The lowest BCUT2D eigenvalue weighted by Gasteiger charge is -2.55. The Labute approximate surface area is 173 Å². The number of anilines is 1. The van der Waals surface area contributed by atoms with Crippen LogP contribution in [0.25, 0.3) is 0 Å². The van der Waals surface area contributed by atoms with Crippen LogP contribution >= 0.6 is 27.7 Å². The number of rotatable bonds is 2. The number of carboxylic acid groups (broad SMARTS) is 1. The molecule has 2 unspecified atom stereocenters. The number of hydrogen-bond acceptors (Lipinski definition) is 3. The maximum atomic E-state index is 13.3. The molecule has 2 aliphatic heterocycles.